The summed E-state index contributed by atoms with van der Waals surface area (Å²) >= 11 is 5.92. The minimum absolute atomic E-state index is 0.422. The van der Waals surface area contributed by atoms with E-state index in [1.807, 2.05) is 26.0 Å². The lowest BCUT2D eigenvalue weighted by atomic mass is 10.1. The van der Waals surface area contributed by atoms with E-state index in [1.54, 1.807) is 0 Å². The van der Waals surface area contributed by atoms with Gasteiger partial charge in [0.15, 0.2) is 5.16 Å². The first-order valence-electron chi connectivity index (χ1n) is 8.28. The van der Waals surface area contributed by atoms with Crippen LogP contribution in [0.25, 0.3) is 5.57 Å². The monoisotopic (exact) mass is 354 g/mol. The van der Waals surface area contributed by atoms with E-state index in [0.717, 1.165) is 27.9 Å². The second-order valence-corrected chi connectivity index (χ2v) is 9.12. The number of hydrogen-bond donors (Lipinski definition) is 0. The third kappa shape index (κ3) is 4.98. The van der Waals surface area contributed by atoms with E-state index in [1.165, 1.54) is 37.2 Å². The summed E-state index contributed by atoms with van der Waals surface area (Å²) in [6, 6.07) is 0. The largest absolute Gasteiger partial charge is 0.378 e. The van der Waals surface area contributed by atoms with Gasteiger partial charge in [-0.15, -0.1) is 0 Å². The van der Waals surface area contributed by atoms with Crippen molar-refractivity contribution >= 4 is 28.1 Å². The van der Waals surface area contributed by atoms with Crippen LogP contribution < -0.4 is 4.98 Å². The Morgan fingerprint density at radius 1 is 1.48 bits per heavy atom. The molecule has 2 atom stereocenters. The Kier molecular flexibility index (Phi) is 6.97. The fourth-order valence-electron chi connectivity index (χ4n) is 2.75. The first-order chi connectivity index (χ1) is 11.0. The summed E-state index contributed by atoms with van der Waals surface area (Å²) in [5.74, 6) is 4.30. The SMILES string of the molecule is C=C(C)/C(=C\C=C(/C)Cl)c1noc(C2CCC[S+]2CCCC)[nH+]1. The van der Waals surface area contributed by atoms with Crippen molar-refractivity contribution in [2.75, 3.05) is 11.5 Å². The minimum Gasteiger partial charge on any atom is -0.212 e. The Morgan fingerprint density at radius 3 is 2.91 bits per heavy atom. The van der Waals surface area contributed by atoms with Crippen molar-refractivity contribution < 1.29 is 9.51 Å². The Bertz CT molecular complexity index is 602. The molecule has 0 spiro atoms. The van der Waals surface area contributed by atoms with Crippen molar-refractivity contribution in [2.24, 2.45) is 0 Å². The molecule has 2 heterocycles. The molecule has 23 heavy (non-hydrogen) atoms. The molecule has 0 saturated carbocycles. The molecule has 1 N–H and O–H groups in total. The van der Waals surface area contributed by atoms with Gasteiger partial charge in [0.2, 0.25) is 5.25 Å². The van der Waals surface area contributed by atoms with Crippen LogP contribution in [0.4, 0.5) is 0 Å². The van der Waals surface area contributed by atoms with Gasteiger partial charge in [0.25, 0.3) is 0 Å². The predicted octanol–water partition coefficient (Wildman–Crippen LogP) is 4.84. The van der Waals surface area contributed by atoms with Crippen LogP contribution in [0.5, 0.6) is 0 Å². The zero-order valence-electron chi connectivity index (χ0n) is 14.3. The van der Waals surface area contributed by atoms with Crippen molar-refractivity contribution in [1.29, 1.82) is 0 Å². The Labute approximate surface area is 147 Å². The van der Waals surface area contributed by atoms with E-state index in [0.29, 0.717) is 16.1 Å². The van der Waals surface area contributed by atoms with Gasteiger partial charge in [0, 0.05) is 22.3 Å². The molecule has 3 nitrogen and oxygen atoms in total. The summed E-state index contributed by atoms with van der Waals surface area (Å²) in [4.78, 5) is 3.39. The van der Waals surface area contributed by atoms with Crippen LogP contribution >= 0.6 is 11.6 Å². The molecule has 1 aliphatic rings. The topological polar surface area (TPSA) is 40.2 Å². The molecule has 0 radical (unpaired) electrons. The maximum Gasteiger partial charge on any atom is 0.378 e. The third-order valence-electron chi connectivity index (χ3n) is 4.00. The molecule has 5 heteroatoms. The highest BCUT2D eigenvalue weighted by Gasteiger charge is 2.43. The zero-order valence-corrected chi connectivity index (χ0v) is 15.9. The third-order valence-corrected chi connectivity index (χ3v) is 7.01. The summed E-state index contributed by atoms with van der Waals surface area (Å²) < 4.78 is 5.66. The van der Waals surface area contributed by atoms with E-state index >= 15 is 0 Å². The van der Waals surface area contributed by atoms with Crippen molar-refractivity contribution in [1.82, 2.24) is 5.16 Å². The molecule has 2 unspecified atom stereocenters. The number of nitrogens with zero attached hydrogens (tertiary/aromatic N) is 1. The molecule has 1 fully saturated rings. The van der Waals surface area contributed by atoms with Gasteiger partial charge < -0.3 is 0 Å². The quantitative estimate of drug-likeness (QED) is 0.519. The van der Waals surface area contributed by atoms with Crippen LogP contribution in [-0.4, -0.2) is 16.7 Å². The highest BCUT2D eigenvalue weighted by atomic mass is 35.5. The molecular weight excluding hydrogens is 328 g/mol. The number of halogens is 1. The van der Waals surface area contributed by atoms with Crippen molar-refractivity contribution in [3.8, 4) is 0 Å². The predicted molar refractivity (Wildman–Crippen MR) is 99.4 cm³/mol. The van der Waals surface area contributed by atoms with E-state index in [9.17, 15) is 0 Å². The van der Waals surface area contributed by atoms with Crippen LogP contribution in [0, 0.1) is 0 Å². The average molecular weight is 355 g/mol. The second-order valence-electron chi connectivity index (χ2n) is 6.06. The van der Waals surface area contributed by atoms with Gasteiger partial charge in [0.05, 0.1) is 5.57 Å². The number of H-pyrrole nitrogens is 1. The normalized spacial score (nSPS) is 22.6. The molecule has 126 valence electrons. The van der Waals surface area contributed by atoms with Crippen molar-refractivity contribution in [3.63, 3.8) is 0 Å². The number of aromatic nitrogens is 2. The van der Waals surface area contributed by atoms with Crippen LogP contribution in [0.15, 0.2) is 33.9 Å². The average Bonchev–Trinajstić information content (AvgIpc) is 3.13. The lowest BCUT2D eigenvalue weighted by molar-refractivity contribution is -0.401. The number of rotatable bonds is 7. The lowest BCUT2D eigenvalue weighted by Gasteiger charge is -2.04. The molecule has 1 saturated heterocycles. The second kappa shape index (κ2) is 8.74. The first-order valence-corrected chi connectivity index (χ1v) is 10.3. The number of hydrogen-bond acceptors (Lipinski definition) is 2. The van der Waals surface area contributed by atoms with Gasteiger partial charge in [-0.2, -0.15) is 4.98 Å². The highest BCUT2D eigenvalue weighted by molar-refractivity contribution is 7.97. The number of unbranched alkanes of at least 4 members (excludes halogenated alkanes) is 1. The molecular formula is C18H27ClN2OS+2. The summed E-state index contributed by atoms with van der Waals surface area (Å²) in [5.41, 5.74) is 1.87. The molecule has 1 aromatic heterocycles. The van der Waals surface area contributed by atoms with Crippen LogP contribution in [-0.2, 0) is 10.9 Å². The van der Waals surface area contributed by atoms with Crippen molar-refractivity contribution in [3.05, 3.63) is 41.1 Å². The molecule has 0 aromatic carbocycles. The molecule has 0 aliphatic carbocycles. The van der Waals surface area contributed by atoms with E-state index in [-0.39, 0.29) is 0 Å². The van der Waals surface area contributed by atoms with Gasteiger partial charge in [-0.05, 0) is 44.4 Å². The Morgan fingerprint density at radius 2 is 2.26 bits per heavy atom. The van der Waals surface area contributed by atoms with Gasteiger partial charge >= 0.3 is 11.7 Å². The van der Waals surface area contributed by atoms with E-state index in [4.69, 9.17) is 16.1 Å². The van der Waals surface area contributed by atoms with Gasteiger partial charge in [-0.3, -0.25) is 0 Å². The van der Waals surface area contributed by atoms with Gasteiger partial charge in [-0.1, -0.05) is 31.5 Å². The fourth-order valence-corrected chi connectivity index (χ4v) is 5.69. The molecule has 2 rings (SSSR count). The summed E-state index contributed by atoms with van der Waals surface area (Å²) in [7, 11) is 0.422. The molecule has 1 aromatic rings. The number of nitrogens with one attached hydrogen (secondary N) is 1. The minimum atomic E-state index is 0.422. The molecule has 0 amide bonds. The number of allylic oxidation sites excluding steroid dienone is 5. The van der Waals surface area contributed by atoms with E-state index < -0.39 is 0 Å². The summed E-state index contributed by atoms with van der Waals surface area (Å²) in [5, 5.41) is 5.47. The molecule has 0 bridgehead atoms. The van der Waals surface area contributed by atoms with Crippen LogP contribution in [0.2, 0.25) is 0 Å². The highest BCUT2D eigenvalue weighted by Crippen LogP contribution is 2.35. The van der Waals surface area contributed by atoms with Gasteiger partial charge in [0.1, 0.15) is 11.5 Å². The van der Waals surface area contributed by atoms with Crippen LogP contribution in [0.3, 0.4) is 0 Å². The van der Waals surface area contributed by atoms with Gasteiger partial charge in [-0.25, -0.2) is 4.52 Å². The lowest BCUT2D eigenvalue weighted by Crippen LogP contribution is -2.21. The number of aromatic amines is 1. The fraction of sp³-hybridized carbons (Fsp3) is 0.556. The van der Waals surface area contributed by atoms with E-state index in [2.05, 4.69) is 23.6 Å². The van der Waals surface area contributed by atoms with Crippen LogP contribution in [0.1, 0.15) is 63.4 Å². The Balaban J connectivity index is 2.20. The maximum absolute atomic E-state index is 5.92. The first kappa shape index (κ1) is 18.3. The summed E-state index contributed by atoms with van der Waals surface area (Å²) in [6.45, 7) is 10.1. The maximum atomic E-state index is 5.92. The summed E-state index contributed by atoms with van der Waals surface area (Å²) in [6.07, 6.45) is 8.85. The standard InChI is InChI=1S/C18H26ClN2OS/c1-5-6-11-23-12-7-8-16(23)18-20-17(21-22-18)15(13(2)3)10-9-14(4)19/h9-10,16H,2,5-8,11-12H2,1,3-4H3/q+1/p+1/b14-9+,15-10+. The smallest absolute Gasteiger partial charge is 0.212 e. The Hall–Kier alpha value is -1.00. The zero-order chi connectivity index (χ0) is 16.8. The van der Waals surface area contributed by atoms with Crippen molar-refractivity contribution in [2.45, 2.75) is 51.7 Å². The molecule has 1 aliphatic heterocycles.